The lowest BCUT2D eigenvalue weighted by Crippen LogP contribution is -2.46. The highest BCUT2D eigenvalue weighted by Gasteiger charge is 2.05. The molecule has 0 unspecified atom stereocenters. The third-order valence-corrected chi connectivity index (χ3v) is 4.20. The van der Waals surface area contributed by atoms with Crippen LogP contribution in [0.15, 0.2) is 24.3 Å². The van der Waals surface area contributed by atoms with Gasteiger partial charge in [0.2, 0.25) is 0 Å². The molecule has 0 bridgehead atoms. The van der Waals surface area contributed by atoms with E-state index in [0.29, 0.717) is 16.4 Å². The van der Waals surface area contributed by atoms with Gasteiger partial charge in [-0.3, -0.25) is 15.6 Å². The van der Waals surface area contributed by atoms with E-state index in [4.69, 9.17) is 17.0 Å². The van der Waals surface area contributed by atoms with Crippen LogP contribution in [0.25, 0.3) is 0 Å². The molecule has 1 rings (SSSR count). The number of hydrogen-bond donors (Lipinski definition) is 3. The zero-order chi connectivity index (χ0) is 18.3. The van der Waals surface area contributed by atoms with E-state index in [-0.39, 0.29) is 5.91 Å². The second-order valence-electron chi connectivity index (χ2n) is 6.04. The minimum Gasteiger partial charge on any atom is -0.497 e. The van der Waals surface area contributed by atoms with Crippen LogP contribution in [0.4, 0.5) is 0 Å². The molecule has 0 aliphatic heterocycles. The fourth-order valence-electron chi connectivity index (χ4n) is 2.43. The van der Waals surface area contributed by atoms with Crippen LogP contribution in [0.1, 0.15) is 68.6 Å². The summed E-state index contributed by atoms with van der Waals surface area (Å²) in [6.07, 6.45) is 10.2. The van der Waals surface area contributed by atoms with Gasteiger partial charge in [0.25, 0.3) is 5.91 Å². The first-order valence-electron chi connectivity index (χ1n) is 9.15. The molecular formula is C19H31N3O2S. The Hall–Kier alpha value is -1.82. The Kier molecular flexibility index (Phi) is 11.4. The highest BCUT2D eigenvalue weighted by atomic mass is 32.1. The average Bonchev–Trinajstić information content (AvgIpc) is 2.64. The maximum atomic E-state index is 12.0. The fourth-order valence-corrected chi connectivity index (χ4v) is 2.59. The summed E-state index contributed by atoms with van der Waals surface area (Å²) in [5.74, 6) is 0.478. The SMILES string of the molecule is CCCCCCCCCCNC(=S)NNC(=O)c1ccc(OC)cc1. The van der Waals surface area contributed by atoms with Crippen molar-refractivity contribution in [1.29, 1.82) is 0 Å². The van der Waals surface area contributed by atoms with E-state index >= 15 is 0 Å². The molecule has 0 atom stereocenters. The number of benzene rings is 1. The third-order valence-electron chi connectivity index (χ3n) is 3.96. The zero-order valence-electron chi connectivity index (χ0n) is 15.4. The van der Waals surface area contributed by atoms with E-state index in [0.717, 1.165) is 13.0 Å². The molecule has 0 saturated heterocycles. The predicted molar refractivity (Wildman–Crippen MR) is 107 cm³/mol. The van der Waals surface area contributed by atoms with E-state index in [1.165, 1.54) is 44.9 Å². The highest BCUT2D eigenvalue weighted by Crippen LogP contribution is 2.11. The molecule has 5 nitrogen and oxygen atoms in total. The molecule has 1 aromatic carbocycles. The Morgan fingerprint density at radius 2 is 1.56 bits per heavy atom. The summed E-state index contributed by atoms with van der Waals surface area (Å²) in [6.45, 7) is 3.06. The number of amides is 1. The molecule has 1 aromatic rings. The van der Waals surface area contributed by atoms with Crippen molar-refractivity contribution in [2.45, 2.75) is 58.3 Å². The lowest BCUT2D eigenvalue weighted by Gasteiger charge is -2.11. The number of nitrogens with one attached hydrogen (secondary N) is 3. The van der Waals surface area contributed by atoms with E-state index < -0.39 is 0 Å². The largest absolute Gasteiger partial charge is 0.497 e. The Bertz CT molecular complexity index is 506. The second-order valence-corrected chi connectivity index (χ2v) is 6.45. The predicted octanol–water partition coefficient (Wildman–Crippen LogP) is 3.94. The fraction of sp³-hybridized carbons (Fsp3) is 0.579. The van der Waals surface area contributed by atoms with E-state index in [9.17, 15) is 4.79 Å². The van der Waals surface area contributed by atoms with Crippen molar-refractivity contribution in [3.05, 3.63) is 29.8 Å². The van der Waals surface area contributed by atoms with Crippen LogP contribution in [-0.4, -0.2) is 24.7 Å². The quantitative estimate of drug-likeness (QED) is 0.315. The molecule has 6 heteroatoms. The topological polar surface area (TPSA) is 62.4 Å². The molecule has 0 spiro atoms. The van der Waals surface area contributed by atoms with Gasteiger partial charge in [-0.2, -0.15) is 0 Å². The Balaban J connectivity index is 2.05. The maximum absolute atomic E-state index is 12.0. The Morgan fingerprint density at radius 1 is 0.960 bits per heavy atom. The minimum absolute atomic E-state index is 0.237. The van der Waals surface area contributed by atoms with Crippen LogP contribution < -0.4 is 20.9 Å². The van der Waals surface area contributed by atoms with Crippen LogP contribution in [0.2, 0.25) is 0 Å². The average molecular weight is 366 g/mol. The number of unbranched alkanes of at least 4 members (excludes halogenated alkanes) is 7. The van der Waals surface area contributed by atoms with E-state index in [1.807, 2.05) is 0 Å². The molecule has 0 aliphatic rings. The molecule has 0 fully saturated rings. The van der Waals surface area contributed by atoms with Gasteiger partial charge in [-0.25, -0.2) is 0 Å². The summed E-state index contributed by atoms with van der Waals surface area (Å²) in [4.78, 5) is 12.0. The smallest absolute Gasteiger partial charge is 0.269 e. The van der Waals surface area contributed by atoms with Gasteiger partial charge >= 0.3 is 0 Å². The number of carbonyl (C=O) groups is 1. The Morgan fingerprint density at radius 3 is 2.16 bits per heavy atom. The van der Waals surface area contributed by atoms with Gasteiger partial charge in [0.15, 0.2) is 5.11 Å². The van der Waals surface area contributed by atoms with E-state index in [2.05, 4.69) is 23.1 Å². The molecule has 0 radical (unpaired) electrons. The van der Waals surface area contributed by atoms with Gasteiger partial charge in [-0.05, 0) is 42.9 Å². The van der Waals surface area contributed by atoms with Crippen LogP contribution >= 0.6 is 12.2 Å². The van der Waals surface area contributed by atoms with Crippen molar-refractivity contribution in [1.82, 2.24) is 16.2 Å². The molecule has 3 N–H and O–H groups in total. The molecule has 0 heterocycles. The molecule has 25 heavy (non-hydrogen) atoms. The minimum atomic E-state index is -0.237. The van der Waals surface area contributed by atoms with Gasteiger partial charge in [-0.1, -0.05) is 51.9 Å². The van der Waals surface area contributed by atoms with Crippen molar-refractivity contribution < 1.29 is 9.53 Å². The summed E-state index contributed by atoms with van der Waals surface area (Å²) in [5.41, 5.74) is 5.85. The van der Waals surface area contributed by atoms with Crippen molar-refractivity contribution in [2.75, 3.05) is 13.7 Å². The summed E-state index contributed by atoms with van der Waals surface area (Å²) in [6, 6.07) is 6.89. The number of hydrogen-bond acceptors (Lipinski definition) is 3. The van der Waals surface area contributed by atoms with Crippen LogP contribution in [0, 0.1) is 0 Å². The number of methoxy groups -OCH3 is 1. The van der Waals surface area contributed by atoms with Gasteiger partial charge in [-0.15, -0.1) is 0 Å². The zero-order valence-corrected chi connectivity index (χ0v) is 16.2. The van der Waals surface area contributed by atoms with E-state index in [1.54, 1.807) is 31.4 Å². The second kappa shape index (κ2) is 13.5. The van der Waals surface area contributed by atoms with Gasteiger partial charge in [0.1, 0.15) is 5.75 Å². The summed E-state index contributed by atoms with van der Waals surface area (Å²) in [5, 5.41) is 3.54. The molecule has 140 valence electrons. The molecule has 0 aromatic heterocycles. The first kappa shape index (κ1) is 21.2. The number of hydrazine groups is 1. The van der Waals surface area contributed by atoms with Crippen LogP contribution in [-0.2, 0) is 0 Å². The first-order valence-corrected chi connectivity index (χ1v) is 9.56. The monoisotopic (exact) mass is 365 g/mol. The standard InChI is InChI=1S/C19H31N3O2S/c1-3-4-5-6-7-8-9-10-15-20-19(25)22-21-18(23)16-11-13-17(24-2)14-12-16/h11-14H,3-10,15H2,1-2H3,(H,21,23)(H2,20,22,25). The van der Waals surface area contributed by atoms with Crippen molar-refractivity contribution in [3.63, 3.8) is 0 Å². The molecule has 1 amide bonds. The molecular weight excluding hydrogens is 334 g/mol. The van der Waals surface area contributed by atoms with Crippen LogP contribution in [0.3, 0.4) is 0 Å². The summed E-state index contributed by atoms with van der Waals surface area (Å²) in [7, 11) is 1.59. The van der Waals surface area contributed by atoms with Gasteiger partial charge < -0.3 is 10.1 Å². The lowest BCUT2D eigenvalue weighted by molar-refractivity contribution is 0.0943. The maximum Gasteiger partial charge on any atom is 0.269 e. The van der Waals surface area contributed by atoms with Crippen molar-refractivity contribution in [3.8, 4) is 5.75 Å². The lowest BCUT2D eigenvalue weighted by atomic mass is 10.1. The third kappa shape index (κ3) is 9.92. The Labute approximate surface area is 156 Å². The summed E-state index contributed by atoms with van der Waals surface area (Å²) < 4.78 is 5.07. The van der Waals surface area contributed by atoms with Gasteiger partial charge in [0, 0.05) is 12.1 Å². The van der Waals surface area contributed by atoms with Crippen molar-refractivity contribution >= 4 is 23.2 Å². The number of thiocarbonyl (C=S) groups is 1. The highest BCUT2D eigenvalue weighted by molar-refractivity contribution is 7.80. The number of rotatable bonds is 11. The normalized spacial score (nSPS) is 10.2. The number of carbonyl (C=O) groups excluding carboxylic acids is 1. The van der Waals surface area contributed by atoms with Crippen molar-refractivity contribution in [2.24, 2.45) is 0 Å². The molecule has 0 saturated carbocycles. The van der Waals surface area contributed by atoms with Crippen LogP contribution in [0.5, 0.6) is 5.75 Å². The summed E-state index contributed by atoms with van der Waals surface area (Å²) >= 11 is 5.15. The number of ether oxygens (including phenoxy) is 1. The van der Waals surface area contributed by atoms with Gasteiger partial charge in [0.05, 0.1) is 7.11 Å². The molecule has 0 aliphatic carbocycles. The first-order chi connectivity index (χ1) is 12.2.